The molecule has 1 aromatic rings. The molecular formula is C13H16BrNOS. The highest BCUT2D eigenvalue weighted by atomic mass is 79.9. The van der Waals surface area contributed by atoms with Crippen LogP contribution in [0, 0.1) is 6.92 Å². The fraction of sp³-hybridized carbons (Fsp3) is 0.462. The number of carbonyl (C=O) groups excluding carboxylic acids is 1. The molecule has 0 saturated carbocycles. The maximum atomic E-state index is 12.1. The van der Waals surface area contributed by atoms with Gasteiger partial charge in [-0.3, -0.25) is 4.79 Å². The van der Waals surface area contributed by atoms with Crippen molar-refractivity contribution in [2.75, 3.05) is 11.1 Å². The number of nitrogens with one attached hydrogen (secondary N) is 1. The van der Waals surface area contributed by atoms with Gasteiger partial charge in [0.25, 0.3) is 0 Å². The van der Waals surface area contributed by atoms with Crippen LogP contribution in [-0.2, 0) is 4.79 Å². The van der Waals surface area contributed by atoms with Crippen LogP contribution in [0.4, 0.5) is 5.69 Å². The number of benzene rings is 1. The summed E-state index contributed by atoms with van der Waals surface area (Å²) in [6.07, 6.45) is 3.41. The highest BCUT2D eigenvalue weighted by Crippen LogP contribution is 2.28. The molecule has 0 bridgehead atoms. The molecule has 1 unspecified atom stereocenters. The lowest BCUT2D eigenvalue weighted by atomic mass is 10.1. The van der Waals surface area contributed by atoms with E-state index in [0.717, 1.165) is 22.3 Å². The number of halogens is 1. The molecule has 1 amide bonds. The number of hydrogen-bond donors (Lipinski definition) is 1. The Balaban J connectivity index is 2.02. The van der Waals surface area contributed by atoms with Crippen molar-refractivity contribution in [1.82, 2.24) is 0 Å². The zero-order chi connectivity index (χ0) is 12.3. The lowest BCUT2D eigenvalue weighted by molar-refractivity contribution is -0.115. The number of hydrogen-bond acceptors (Lipinski definition) is 2. The number of anilines is 1. The highest BCUT2D eigenvalue weighted by Gasteiger charge is 2.22. The van der Waals surface area contributed by atoms with Gasteiger partial charge >= 0.3 is 0 Å². The molecule has 1 fully saturated rings. The van der Waals surface area contributed by atoms with Crippen molar-refractivity contribution in [2.24, 2.45) is 0 Å². The van der Waals surface area contributed by atoms with Crippen LogP contribution in [0.3, 0.4) is 0 Å². The molecule has 1 atom stereocenters. The lowest BCUT2D eigenvalue weighted by Gasteiger charge is -2.20. The van der Waals surface area contributed by atoms with Crippen LogP contribution in [0.2, 0.25) is 0 Å². The second kappa shape index (κ2) is 5.91. The van der Waals surface area contributed by atoms with Crippen LogP contribution in [0.15, 0.2) is 22.7 Å². The van der Waals surface area contributed by atoms with Gasteiger partial charge in [0.2, 0.25) is 5.91 Å². The summed E-state index contributed by atoms with van der Waals surface area (Å²) >= 11 is 5.25. The molecular weight excluding hydrogens is 298 g/mol. The average Bonchev–Trinajstić information content (AvgIpc) is 2.34. The van der Waals surface area contributed by atoms with Gasteiger partial charge in [-0.15, -0.1) is 11.8 Å². The molecule has 1 aromatic carbocycles. The van der Waals surface area contributed by atoms with Crippen molar-refractivity contribution in [1.29, 1.82) is 0 Å². The van der Waals surface area contributed by atoms with Crippen molar-refractivity contribution >= 4 is 39.3 Å². The van der Waals surface area contributed by atoms with E-state index in [1.54, 1.807) is 11.8 Å². The van der Waals surface area contributed by atoms with Crippen molar-refractivity contribution in [3.63, 3.8) is 0 Å². The van der Waals surface area contributed by atoms with E-state index >= 15 is 0 Å². The Morgan fingerprint density at radius 3 is 2.94 bits per heavy atom. The zero-order valence-electron chi connectivity index (χ0n) is 9.83. The number of amides is 1. The van der Waals surface area contributed by atoms with Crippen LogP contribution in [0.25, 0.3) is 0 Å². The SMILES string of the molecule is Cc1ccc(NC(=O)C2CCCCS2)c(Br)c1. The minimum Gasteiger partial charge on any atom is -0.324 e. The van der Waals surface area contributed by atoms with Gasteiger partial charge in [0, 0.05) is 4.47 Å². The largest absolute Gasteiger partial charge is 0.324 e. The number of thioether (sulfide) groups is 1. The number of carbonyl (C=O) groups is 1. The molecule has 0 aromatic heterocycles. The van der Waals surface area contributed by atoms with E-state index in [2.05, 4.69) is 21.2 Å². The maximum absolute atomic E-state index is 12.1. The quantitative estimate of drug-likeness (QED) is 0.894. The summed E-state index contributed by atoms with van der Waals surface area (Å²) < 4.78 is 0.951. The topological polar surface area (TPSA) is 29.1 Å². The van der Waals surface area contributed by atoms with Gasteiger partial charge in [-0.05, 0) is 59.1 Å². The summed E-state index contributed by atoms with van der Waals surface area (Å²) in [7, 11) is 0. The van der Waals surface area contributed by atoms with E-state index in [9.17, 15) is 4.79 Å². The maximum Gasteiger partial charge on any atom is 0.237 e. The van der Waals surface area contributed by atoms with Crippen LogP contribution >= 0.6 is 27.7 Å². The third kappa shape index (κ3) is 3.49. The number of aryl methyl sites for hydroxylation is 1. The van der Waals surface area contributed by atoms with Gasteiger partial charge in [0.05, 0.1) is 10.9 Å². The van der Waals surface area contributed by atoms with E-state index < -0.39 is 0 Å². The molecule has 0 radical (unpaired) electrons. The highest BCUT2D eigenvalue weighted by molar-refractivity contribution is 9.10. The molecule has 0 spiro atoms. The van der Waals surface area contributed by atoms with E-state index in [1.807, 2.05) is 25.1 Å². The standard InChI is InChI=1S/C13H16BrNOS/c1-9-5-6-11(10(14)8-9)15-13(16)12-4-2-3-7-17-12/h5-6,8,12H,2-4,7H2,1H3,(H,15,16). The number of rotatable bonds is 2. The second-order valence-corrected chi connectivity index (χ2v) is 6.49. The van der Waals surface area contributed by atoms with Crippen LogP contribution in [0.5, 0.6) is 0 Å². The first-order chi connectivity index (χ1) is 8.16. The monoisotopic (exact) mass is 313 g/mol. The molecule has 2 nitrogen and oxygen atoms in total. The van der Waals surface area contributed by atoms with Crippen LogP contribution in [-0.4, -0.2) is 16.9 Å². The lowest BCUT2D eigenvalue weighted by Crippen LogP contribution is -2.27. The van der Waals surface area contributed by atoms with Gasteiger partial charge in [0.15, 0.2) is 0 Å². The van der Waals surface area contributed by atoms with E-state index in [4.69, 9.17) is 0 Å². The van der Waals surface area contributed by atoms with Crippen molar-refractivity contribution in [3.05, 3.63) is 28.2 Å². The van der Waals surface area contributed by atoms with E-state index in [1.165, 1.54) is 18.4 Å². The minimum atomic E-state index is 0.122. The molecule has 2 rings (SSSR count). The summed E-state index contributed by atoms with van der Waals surface area (Å²) in [5.41, 5.74) is 2.05. The first-order valence-corrected chi connectivity index (χ1v) is 7.69. The summed E-state index contributed by atoms with van der Waals surface area (Å²) in [5.74, 6) is 1.24. The Morgan fingerprint density at radius 1 is 1.47 bits per heavy atom. The molecule has 0 aliphatic carbocycles. The Bertz CT molecular complexity index is 416. The second-order valence-electron chi connectivity index (χ2n) is 4.33. The van der Waals surface area contributed by atoms with Crippen LogP contribution < -0.4 is 5.32 Å². The van der Waals surface area contributed by atoms with Gasteiger partial charge in [-0.1, -0.05) is 12.5 Å². The fourth-order valence-electron chi connectivity index (χ4n) is 1.88. The average molecular weight is 314 g/mol. The van der Waals surface area contributed by atoms with Gasteiger partial charge in [-0.25, -0.2) is 0 Å². The molecule has 1 aliphatic rings. The Labute approximate surface area is 115 Å². The third-order valence-corrected chi connectivity index (χ3v) is 4.89. The third-order valence-electron chi connectivity index (χ3n) is 2.85. The first kappa shape index (κ1) is 13.0. The molecule has 17 heavy (non-hydrogen) atoms. The summed E-state index contributed by atoms with van der Waals surface area (Å²) in [5, 5.41) is 3.12. The van der Waals surface area contributed by atoms with E-state index in [-0.39, 0.29) is 11.2 Å². The van der Waals surface area contributed by atoms with Gasteiger partial charge < -0.3 is 5.32 Å². The Morgan fingerprint density at radius 2 is 2.29 bits per heavy atom. The summed E-state index contributed by atoms with van der Waals surface area (Å²) in [6, 6.07) is 5.98. The molecule has 92 valence electrons. The Hall–Kier alpha value is -0.480. The molecule has 1 heterocycles. The predicted octanol–water partition coefficient (Wildman–Crippen LogP) is 3.98. The Kier molecular flexibility index (Phi) is 4.51. The molecule has 1 saturated heterocycles. The van der Waals surface area contributed by atoms with Crippen LogP contribution in [0.1, 0.15) is 24.8 Å². The molecule has 1 aliphatic heterocycles. The smallest absolute Gasteiger partial charge is 0.237 e. The fourth-order valence-corrected chi connectivity index (χ4v) is 3.67. The van der Waals surface area contributed by atoms with Crippen molar-refractivity contribution < 1.29 is 4.79 Å². The van der Waals surface area contributed by atoms with Crippen molar-refractivity contribution in [2.45, 2.75) is 31.4 Å². The first-order valence-electron chi connectivity index (χ1n) is 5.85. The minimum absolute atomic E-state index is 0.122. The zero-order valence-corrected chi connectivity index (χ0v) is 12.2. The summed E-state index contributed by atoms with van der Waals surface area (Å²) in [6.45, 7) is 2.04. The molecule has 1 N–H and O–H groups in total. The summed E-state index contributed by atoms with van der Waals surface area (Å²) in [4.78, 5) is 12.1. The van der Waals surface area contributed by atoms with Crippen molar-refractivity contribution in [3.8, 4) is 0 Å². The molecule has 4 heteroatoms. The van der Waals surface area contributed by atoms with E-state index in [0.29, 0.717) is 0 Å². The van der Waals surface area contributed by atoms with Gasteiger partial charge in [-0.2, -0.15) is 0 Å². The van der Waals surface area contributed by atoms with Gasteiger partial charge in [0.1, 0.15) is 0 Å². The normalized spacial score (nSPS) is 20.0. The predicted molar refractivity (Wildman–Crippen MR) is 77.6 cm³/mol.